The molecule has 0 unspecified atom stereocenters. The highest BCUT2D eigenvalue weighted by molar-refractivity contribution is 8.02. The summed E-state index contributed by atoms with van der Waals surface area (Å²) in [5.74, 6) is 0.664. The van der Waals surface area contributed by atoms with E-state index >= 15 is 0 Å². The SMILES string of the molecule is Cc1ccc(Nc2nnc(S[C@@H](C)C(=O)NCc3ccco3)s2)c(C)c1. The molecule has 0 saturated heterocycles. The molecule has 26 heavy (non-hydrogen) atoms. The van der Waals surface area contributed by atoms with Gasteiger partial charge in [-0.05, 0) is 44.5 Å². The van der Waals surface area contributed by atoms with Gasteiger partial charge in [-0.15, -0.1) is 10.2 Å². The number of carbonyl (C=O) groups excluding carboxylic acids is 1. The number of carbonyl (C=O) groups is 1. The van der Waals surface area contributed by atoms with Crippen LogP contribution in [0.3, 0.4) is 0 Å². The molecule has 2 N–H and O–H groups in total. The molecule has 3 rings (SSSR count). The first kappa shape index (κ1) is 18.5. The molecule has 136 valence electrons. The maximum absolute atomic E-state index is 12.2. The molecule has 0 radical (unpaired) electrons. The van der Waals surface area contributed by atoms with E-state index in [1.165, 1.54) is 28.7 Å². The molecule has 1 amide bonds. The van der Waals surface area contributed by atoms with Gasteiger partial charge in [-0.25, -0.2) is 0 Å². The van der Waals surface area contributed by atoms with Gasteiger partial charge in [0.2, 0.25) is 11.0 Å². The standard InChI is InChI=1S/C18H20N4O2S2/c1-11-6-7-15(12(2)9-11)20-17-21-22-18(26-17)25-13(3)16(23)19-10-14-5-4-8-24-14/h4-9,13H,10H2,1-3H3,(H,19,23)(H,20,21)/t13-/m0/s1. The summed E-state index contributed by atoms with van der Waals surface area (Å²) in [6, 6.07) is 9.82. The van der Waals surface area contributed by atoms with Crippen LogP contribution in [0.2, 0.25) is 0 Å². The van der Waals surface area contributed by atoms with E-state index in [2.05, 4.69) is 46.8 Å². The second kappa shape index (κ2) is 8.37. The molecular weight excluding hydrogens is 368 g/mol. The Labute approximate surface area is 160 Å². The van der Waals surface area contributed by atoms with Crippen LogP contribution >= 0.6 is 23.1 Å². The van der Waals surface area contributed by atoms with Crippen molar-refractivity contribution in [2.24, 2.45) is 0 Å². The molecule has 8 heteroatoms. The van der Waals surface area contributed by atoms with Crippen LogP contribution in [-0.4, -0.2) is 21.4 Å². The topological polar surface area (TPSA) is 80.0 Å². The molecular formula is C18H20N4O2S2. The minimum atomic E-state index is -0.271. The van der Waals surface area contributed by atoms with E-state index in [1.54, 1.807) is 12.3 Å². The second-order valence-electron chi connectivity index (χ2n) is 5.87. The number of thioether (sulfide) groups is 1. The highest BCUT2D eigenvalue weighted by Gasteiger charge is 2.17. The van der Waals surface area contributed by atoms with Crippen LogP contribution in [0.1, 0.15) is 23.8 Å². The highest BCUT2D eigenvalue weighted by atomic mass is 32.2. The summed E-state index contributed by atoms with van der Waals surface area (Å²) >= 11 is 2.82. The van der Waals surface area contributed by atoms with Gasteiger partial charge >= 0.3 is 0 Å². The fraction of sp³-hybridized carbons (Fsp3) is 0.278. The highest BCUT2D eigenvalue weighted by Crippen LogP contribution is 2.31. The monoisotopic (exact) mass is 388 g/mol. The lowest BCUT2D eigenvalue weighted by Gasteiger charge is -2.09. The van der Waals surface area contributed by atoms with Gasteiger partial charge in [0.1, 0.15) is 5.76 Å². The van der Waals surface area contributed by atoms with Gasteiger partial charge in [0.05, 0.1) is 18.1 Å². The molecule has 1 aromatic carbocycles. The summed E-state index contributed by atoms with van der Waals surface area (Å²) in [7, 11) is 0. The van der Waals surface area contributed by atoms with E-state index in [1.807, 2.05) is 19.1 Å². The predicted octanol–water partition coefficient (Wildman–Crippen LogP) is 4.29. The van der Waals surface area contributed by atoms with E-state index < -0.39 is 0 Å². The molecule has 0 spiro atoms. The van der Waals surface area contributed by atoms with E-state index in [9.17, 15) is 4.79 Å². The largest absolute Gasteiger partial charge is 0.467 e. The van der Waals surface area contributed by atoms with Gasteiger partial charge in [-0.1, -0.05) is 40.8 Å². The first-order valence-electron chi connectivity index (χ1n) is 8.16. The number of hydrogen-bond acceptors (Lipinski definition) is 7. The molecule has 0 saturated carbocycles. The summed E-state index contributed by atoms with van der Waals surface area (Å²) in [5, 5.41) is 14.9. The Bertz CT molecular complexity index is 877. The van der Waals surface area contributed by atoms with Crippen molar-refractivity contribution >= 4 is 39.8 Å². The number of nitrogens with one attached hydrogen (secondary N) is 2. The molecule has 2 heterocycles. The van der Waals surface area contributed by atoms with E-state index in [0.29, 0.717) is 11.7 Å². The quantitative estimate of drug-likeness (QED) is 0.588. The van der Waals surface area contributed by atoms with Crippen LogP contribution in [0.15, 0.2) is 45.4 Å². The number of furan rings is 1. The molecule has 0 aliphatic rings. The van der Waals surface area contributed by atoms with Gasteiger partial charge in [0.25, 0.3) is 0 Å². The molecule has 0 fully saturated rings. The van der Waals surface area contributed by atoms with Gasteiger partial charge in [-0.3, -0.25) is 4.79 Å². The van der Waals surface area contributed by atoms with Crippen LogP contribution in [0, 0.1) is 13.8 Å². The van der Waals surface area contributed by atoms with Gasteiger partial charge in [0.15, 0.2) is 4.34 Å². The summed E-state index contributed by atoms with van der Waals surface area (Å²) in [6.45, 7) is 6.35. The fourth-order valence-corrected chi connectivity index (χ4v) is 4.25. The maximum atomic E-state index is 12.2. The molecule has 3 aromatic rings. The second-order valence-corrected chi connectivity index (χ2v) is 8.44. The van der Waals surface area contributed by atoms with Crippen LogP contribution in [-0.2, 0) is 11.3 Å². The normalized spacial score (nSPS) is 12.0. The number of anilines is 2. The lowest BCUT2D eigenvalue weighted by molar-refractivity contribution is -0.120. The Hall–Kier alpha value is -2.32. The number of rotatable bonds is 7. The third-order valence-electron chi connectivity index (χ3n) is 3.69. The Kier molecular flexibility index (Phi) is 5.95. The van der Waals surface area contributed by atoms with E-state index in [-0.39, 0.29) is 11.2 Å². The van der Waals surface area contributed by atoms with Crippen molar-refractivity contribution in [2.45, 2.75) is 36.9 Å². The number of aryl methyl sites for hydroxylation is 2. The predicted molar refractivity (Wildman–Crippen MR) is 105 cm³/mol. The van der Waals surface area contributed by atoms with Crippen molar-refractivity contribution in [1.29, 1.82) is 0 Å². The van der Waals surface area contributed by atoms with Crippen molar-refractivity contribution in [3.63, 3.8) is 0 Å². The molecule has 0 bridgehead atoms. The zero-order valence-corrected chi connectivity index (χ0v) is 16.4. The number of amides is 1. The van der Waals surface area contributed by atoms with Crippen LogP contribution < -0.4 is 10.6 Å². The lowest BCUT2D eigenvalue weighted by atomic mass is 10.1. The summed E-state index contributed by atoms with van der Waals surface area (Å²) in [4.78, 5) is 12.2. The van der Waals surface area contributed by atoms with Crippen LogP contribution in [0.5, 0.6) is 0 Å². The van der Waals surface area contributed by atoms with Crippen molar-refractivity contribution in [3.05, 3.63) is 53.5 Å². The smallest absolute Gasteiger partial charge is 0.233 e. The lowest BCUT2D eigenvalue weighted by Crippen LogP contribution is -2.30. The Morgan fingerprint density at radius 3 is 2.88 bits per heavy atom. The summed E-state index contributed by atoms with van der Waals surface area (Å²) < 4.78 is 5.96. The first-order chi connectivity index (χ1) is 12.5. The van der Waals surface area contributed by atoms with Crippen molar-refractivity contribution in [3.8, 4) is 0 Å². The van der Waals surface area contributed by atoms with Crippen molar-refractivity contribution in [2.75, 3.05) is 5.32 Å². The Morgan fingerprint density at radius 1 is 1.31 bits per heavy atom. The number of aromatic nitrogens is 2. The Balaban J connectivity index is 1.54. The molecule has 0 aliphatic carbocycles. The number of nitrogens with zero attached hydrogens (tertiary/aromatic N) is 2. The van der Waals surface area contributed by atoms with Gasteiger partial charge in [-0.2, -0.15) is 0 Å². The summed E-state index contributed by atoms with van der Waals surface area (Å²) in [5.41, 5.74) is 3.38. The zero-order chi connectivity index (χ0) is 18.5. The minimum Gasteiger partial charge on any atom is -0.467 e. The van der Waals surface area contributed by atoms with Crippen molar-refractivity contribution in [1.82, 2.24) is 15.5 Å². The maximum Gasteiger partial charge on any atom is 0.233 e. The Morgan fingerprint density at radius 2 is 2.15 bits per heavy atom. The number of benzene rings is 1. The molecule has 1 atom stereocenters. The summed E-state index contributed by atoms with van der Waals surface area (Å²) in [6.07, 6.45) is 1.59. The van der Waals surface area contributed by atoms with Crippen molar-refractivity contribution < 1.29 is 9.21 Å². The van der Waals surface area contributed by atoms with Gasteiger partial charge in [0, 0.05) is 5.69 Å². The molecule has 2 aromatic heterocycles. The van der Waals surface area contributed by atoms with E-state index in [4.69, 9.17) is 4.42 Å². The third-order valence-corrected chi connectivity index (χ3v) is 5.72. The third kappa shape index (κ3) is 4.86. The minimum absolute atomic E-state index is 0.0644. The zero-order valence-electron chi connectivity index (χ0n) is 14.8. The van der Waals surface area contributed by atoms with Crippen LogP contribution in [0.4, 0.5) is 10.8 Å². The van der Waals surface area contributed by atoms with Crippen LogP contribution in [0.25, 0.3) is 0 Å². The average Bonchev–Trinajstić information content (AvgIpc) is 3.27. The first-order valence-corrected chi connectivity index (χ1v) is 9.85. The molecule has 0 aliphatic heterocycles. The number of hydrogen-bond donors (Lipinski definition) is 2. The van der Waals surface area contributed by atoms with Gasteiger partial charge < -0.3 is 15.1 Å². The molecule has 6 nitrogen and oxygen atoms in total. The fourth-order valence-electron chi connectivity index (χ4n) is 2.31. The van der Waals surface area contributed by atoms with E-state index in [0.717, 1.165) is 21.4 Å². The average molecular weight is 389 g/mol.